The lowest BCUT2D eigenvalue weighted by Gasteiger charge is -2.10. The summed E-state index contributed by atoms with van der Waals surface area (Å²) in [5.74, 6) is 0. The van der Waals surface area contributed by atoms with Crippen LogP contribution in [0.2, 0.25) is 0 Å². The Morgan fingerprint density at radius 3 is 2.28 bits per heavy atom. The molecule has 2 N–H and O–H groups in total. The Morgan fingerprint density at radius 1 is 1.06 bits per heavy atom. The summed E-state index contributed by atoms with van der Waals surface area (Å²) in [5.41, 5.74) is 2.32. The minimum atomic E-state index is -3.38. The standard InChI is InChI=1S/C13H22N2O2S/c1-4-11-6-7-13(10-12(11)5-2)18(16,17)15-9-8-14-3/h6-7,10,14-15H,4-5,8-9H2,1-3H3. The van der Waals surface area contributed by atoms with Gasteiger partial charge in [-0.25, -0.2) is 13.1 Å². The normalized spacial score (nSPS) is 11.7. The molecule has 0 amide bonds. The molecule has 0 radical (unpaired) electrons. The third-order valence-corrected chi connectivity index (χ3v) is 4.38. The van der Waals surface area contributed by atoms with Crippen molar-refractivity contribution < 1.29 is 8.42 Å². The van der Waals surface area contributed by atoms with Gasteiger partial charge in [-0.05, 0) is 43.1 Å². The van der Waals surface area contributed by atoms with E-state index >= 15 is 0 Å². The molecule has 1 rings (SSSR count). The van der Waals surface area contributed by atoms with E-state index in [1.807, 2.05) is 13.0 Å². The summed E-state index contributed by atoms with van der Waals surface area (Å²) < 4.78 is 26.6. The average Bonchev–Trinajstić information content (AvgIpc) is 2.38. The molecule has 5 heteroatoms. The molecular weight excluding hydrogens is 248 g/mol. The number of likely N-dealkylation sites (N-methyl/N-ethyl adjacent to an activating group) is 1. The van der Waals surface area contributed by atoms with Gasteiger partial charge in [-0.3, -0.25) is 0 Å². The van der Waals surface area contributed by atoms with Crippen molar-refractivity contribution in [2.24, 2.45) is 0 Å². The van der Waals surface area contributed by atoms with Gasteiger partial charge in [0.05, 0.1) is 4.90 Å². The zero-order valence-electron chi connectivity index (χ0n) is 11.3. The highest BCUT2D eigenvalue weighted by Gasteiger charge is 2.14. The maximum Gasteiger partial charge on any atom is 0.240 e. The van der Waals surface area contributed by atoms with Crippen LogP contribution in [0.25, 0.3) is 0 Å². The molecule has 0 heterocycles. The van der Waals surface area contributed by atoms with Crippen molar-refractivity contribution in [3.8, 4) is 0 Å². The number of nitrogens with one attached hydrogen (secondary N) is 2. The molecule has 0 unspecified atom stereocenters. The second kappa shape index (κ2) is 6.87. The third-order valence-electron chi connectivity index (χ3n) is 2.92. The van der Waals surface area contributed by atoms with E-state index in [1.54, 1.807) is 19.2 Å². The number of aryl methyl sites for hydroxylation is 2. The van der Waals surface area contributed by atoms with Crippen LogP contribution >= 0.6 is 0 Å². The van der Waals surface area contributed by atoms with E-state index in [4.69, 9.17) is 0 Å². The van der Waals surface area contributed by atoms with Crippen LogP contribution in [0.1, 0.15) is 25.0 Å². The fourth-order valence-electron chi connectivity index (χ4n) is 1.84. The molecule has 0 fully saturated rings. The van der Waals surface area contributed by atoms with E-state index in [0.29, 0.717) is 18.0 Å². The summed E-state index contributed by atoms with van der Waals surface area (Å²) in [6.45, 7) is 5.13. The maximum atomic E-state index is 12.0. The largest absolute Gasteiger partial charge is 0.318 e. The molecule has 0 bridgehead atoms. The fourth-order valence-corrected chi connectivity index (χ4v) is 2.92. The van der Waals surface area contributed by atoms with Gasteiger partial charge in [0.1, 0.15) is 0 Å². The number of hydrogen-bond donors (Lipinski definition) is 2. The van der Waals surface area contributed by atoms with Crippen LogP contribution in [-0.4, -0.2) is 28.6 Å². The molecule has 4 nitrogen and oxygen atoms in total. The van der Waals surface area contributed by atoms with Gasteiger partial charge in [-0.1, -0.05) is 19.9 Å². The van der Waals surface area contributed by atoms with Crippen LogP contribution in [-0.2, 0) is 22.9 Å². The fraction of sp³-hybridized carbons (Fsp3) is 0.538. The number of benzene rings is 1. The highest BCUT2D eigenvalue weighted by atomic mass is 32.2. The van der Waals surface area contributed by atoms with Gasteiger partial charge in [-0.15, -0.1) is 0 Å². The summed E-state index contributed by atoms with van der Waals surface area (Å²) in [6, 6.07) is 5.37. The monoisotopic (exact) mass is 270 g/mol. The van der Waals surface area contributed by atoms with Gasteiger partial charge >= 0.3 is 0 Å². The summed E-state index contributed by atoms with van der Waals surface area (Å²) in [5, 5.41) is 2.91. The Kier molecular flexibility index (Phi) is 5.78. The molecule has 0 spiro atoms. The summed E-state index contributed by atoms with van der Waals surface area (Å²) >= 11 is 0. The van der Waals surface area contributed by atoms with Crippen molar-refractivity contribution in [3.05, 3.63) is 29.3 Å². The SMILES string of the molecule is CCc1ccc(S(=O)(=O)NCCNC)cc1CC. The van der Waals surface area contributed by atoms with Crippen molar-refractivity contribution in [2.75, 3.05) is 20.1 Å². The van der Waals surface area contributed by atoms with Crippen molar-refractivity contribution in [1.29, 1.82) is 0 Å². The molecule has 0 aliphatic heterocycles. The van der Waals surface area contributed by atoms with E-state index in [-0.39, 0.29) is 0 Å². The molecule has 0 atom stereocenters. The van der Waals surface area contributed by atoms with E-state index in [9.17, 15) is 8.42 Å². The number of sulfonamides is 1. The molecule has 18 heavy (non-hydrogen) atoms. The van der Waals surface area contributed by atoms with Crippen LogP contribution in [0.5, 0.6) is 0 Å². The predicted molar refractivity (Wildman–Crippen MR) is 74.3 cm³/mol. The third kappa shape index (κ3) is 3.80. The average molecular weight is 270 g/mol. The summed E-state index contributed by atoms with van der Waals surface area (Å²) in [6.07, 6.45) is 1.78. The van der Waals surface area contributed by atoms with Gasteiger partial charge in [-0.2, -0.15) is 0 Å². The van der Waals surface area contributed by atoms with Crippen molar-refractivity contribution in [3.63, 3.8) is 0 Å². The molecule has 0 saturated heterocycles. The first kappa shape index (κ1) is 15.1. The predicted octanol–water partition coefficient (Wildman–Crippen LogP) is 1.31. The van der Waals surface area contributed by atoms with Crippen molar-refractivity contribution in [2.45, 2.75) is 31.6 Å². The summed E-state index contributed by atoms with van der Waals surface area (Å²) in [7, 11) is -1.59. The summed E-state index contributed by atoms with van der Waals surface area (Å²) in [4.78, 5) is 0.354. The molecule has 102 valence electrons. The minimum absolute atomic E-state index is 0.354. The van der Waals surface area contributed by atoms with Crippen LogP contribution in [0.3, 0.4) is 0 Å². The minimum Gasteiger partial charge on any atom is -0.318 e. The highest BCUT2D eigenvalue weighted by molar-refractivity contribution is 7.89. The first-order valence-corrected chi connectivity index (χ1v) is 7.79. The Balaban J connectivity index is 2.95. The van der Waals surface area contributed by atoms with Crippen LogP contribution in [0, 0.1) is 0 Å². The molecule has 0 saturated carbocycles. The van der Waals surface area contributed by atoms with Gasteiger partial charge in [0.15, 0.2) is 0 Å². The van der Waals surface area contributed by atoms with Crippen molar-refractivity contribution >= 4 is 10.0 Å². The molecule has 0 aliphatic carbocycles. The lowest BCUT2D eigenvalue weighted by Crippen LogP contribution is -2.30. The van der Waals surface area contributed by atoms with Gasteiger partial charge in [0.25, 0.3) is 0 Å². The highest BCUT2D eigenvalue weighted by Crippen LogP contribution is 2.17. The zero-order chi connectivity index (χ0) is 13.6. The van der Waals surface area contributed by atoms with Crippen LogP contribution in [0.4, 0.5) is 0 Å². The topological polar surface area (TPSA) is 58.2 Å². The molecule has 1 aromatic rings. The smallest absolute Gasteiger partial charge is 0.240 e. The molecule has 1 aromatic carbocycles. The first-order valence-electron chi connectivity index (χ1n) is 6.31. The quantitative estimate of drug-likeness (QED) is 0.735. The second-order valence-corrected chi connectivity index (χ2v) is 5.91. The first-order chi connectivity index (χ1) is 8.55. The zero-order valence-corrected chi connectivity index (χ0v) is 12.1. The molecule has 0 aliphatic rings. The Morgan fingerprint density at radius 2 is 1.72 bits per heavy atom. The van der Waals surface area contributed by atoms with E-state index in [0.717, 1.165) is 18.4 Å². The van der Waals surface area contributed by atoms with E-state index in [2.05, 4.69) is 17.0 Å². The maximum absolute atomic E-state index is 12.0. The van der Waals surface area contributed by atoms with Gasteiger partial charge in [0, 0.05) is 13.1 Å². The van der Waals surface area contributed by atoms with Gasteiger partial charge < -0.3 is 5.32 Å². The van der Waals surface area contributed by atoms with E-state index < -0.39 is 10.0 Å². The van der Waals surface area contributed by atoms with Gasteiger partial charge in [0.2, 0.25) is 10.0 Å². The lowest BCUT2D eigenvalue weighted by molar-refractivity contribution is 0.579. The van der Waals surface area contributed by atoms with E-state index in [1.165, 1.54) is 5.56 Å². The number of rotatable bonds is 7. The van der Waals surface area contributed by atoms with Crippen molar-refractivity contribution in [1.82, 2.24) is 10.0 Å². The Hall–Kier alpha value is -0.910. The second-order valence-electron chi connectivity index (χ2n) is 4.14. The molecule has 0 aromatic heterocycles. The number of hydrogen-bond acceptors (Lipinski definition) is 3. The Labute approximate surface area is 110 Å². The van der Waals surface area contributed by atoms with Crippen LogP contribution < -0.4 is 10.0 Å². The van der Waals surface area contributed by atoms with Crippen LogP contribution in [0.15, 0.2) is 23.1 Å². The Bertz CT molecular complexity index is 484. The lowest BCUT2D eigenvalue weighted by atomic mass is 10.0. The molecular formula is C13H22N2O2S.